The molecule has 3 amide bonds. The van der Waals surface area contributed by atoms with Gasteiger partial charge in [-0.25, -0.2) is 0 Å². The maximum absolute atomic E-state index is 13.6. The fraction of sp³-hybridized carbons (Fsp3) is 0.655. The van der Waals surface area contributed by atoms with Crippen LogP contribution in [0.15, 0.2) is 24.3 Å². The lowest BCUT2D eigenvalue weighted by Crippen LogP contribution is -2.57. The number of amides is 3. The molecule has 11 nitrogen and oxygen atoms in total. The van der Waals surface area contributed by atoms with Crippen LogP contribution >= 0.6 is 0 Å². The van der Waals surface area contributed by atoms with Gasteiger partial charge in [-0.1, -0.05) is 37.8 Å². The van der Waals surface area contributed by atoms with Crippen LogP contribution in [0.5, 0.6) is 5.75 Å². The maximum atomic E-state index is 13.6. The van der Waals surface area contributed by atoms with Crippen molar-refractivity contribution >= 4 is 23.5 Å². The van der Waals surface area contributed by atoms with Crippen LogP contribution in [0.2, 0.25) is 0 Å². The van der Waals surface area contributed by atoms with E-state index in [2.05, 4.69) is 16.0 Å². The highest BCUT2D eigenvalue weighted by molar-refractivity contribution is 5.96. The van der Waals surface area contributed by atoms with E-state index in [1.165, 1.54) is 0 Å². The number of ether oxygens (including phenoxy) is 3. The highest BCUT2D eigenvalue weighted by Gasteiger charge is 2.39. The van der Waals surface area contributed by atoms with Crippen LogP contribution in [0.1, 0.15) is 44.6 Å². The lowest BCUT2D eigenvalue weighted by atomic mass is 9.94. The number of benzene rings is 1. The summed E-state index contributed by atoms with van der Waals surface area (Å²) in [6.07, 6.45) is 4.65. The van der Waals surface area contributed by atoms with Gasteiger partial charge in [0.15, 0.2) is 5.78 Å². The van der Waals surface area contributed by atoms with E-state index in [9.17, 15) is 19.2 Å². The monoisotopic (exact) mass is 558 g/mol. The number of morpholine rings is 1. The maximum Gasteiger partial charge on any atom is 0.243 e. The average molecular weight is 559 g/mol. The third-order valence-corrected chi connectivity index (χ3v) is 7.83. The van der Waals surface area contributed by atoms with E-state index in [0.717, 1.165) is 31.2 Å². The zero-order chi connectivity index (χ0) is 28.5. The molecule has 4 rings (SSSR count). The van der Waals surface area contributed by atoms with Gasteiger partial charge in [-0.2, -0.15) is 0 Å². The quantitative estimate of drug-likeness (QED) is 0.282. The summed E-state index contributed by atoms with van der Waals surface area (Å²) in [6.45, 7) is 4.60. The Morgan fingerprint density at radius 2 is 1.62 bits per heavy atom. The van der Waals surface area contributed by atoms with Crippen molar-refractivity contribution in [2.75, 3.05) is 46.6 Å². The van der Waals surface area contributed by atoms with Crippen LogP contribution in [0, 0.1) is 5.92 Å². The Kier molecular flexibility index (Phi) is 10.9. The second kappa shape index (κ2) is 14.6. The highest BCUT2D eigenvalue weighted by Crippen LogP contribution is 2.30. The summed E-state index contributed by atoms with van der Waals surface area (Å²) in [7, 11) is 1.57. The van der Waals surface area contributed by atoms with Crippen LogP contribution in [0.3, 0.4) is 0 Å². The summed E-state index contributed by atoms with van der Waals surface area (Å²) in [4.78, 5) is 54.2. The van der Waals surface area contributed by atoms with Crippen molar-refractivity contribution in [1.82, 2.24) is 20.9 Å². The van der Waals surface area contributed by atoms with Gasteiger partial charge in [0, 0.05) is 19.5 Å². The van der Waals surface area contributed by atoms with Gasteiger partial charge in [-0.05, 0) is 37.0 Å². The number of methoxy groups -OCH3 is 1. The number of Topliss-reactive ketones (excluding diaryl/α,β-unsaturated/α-hetero) is 1. The van der Waals surface area contributed by atoms with Crippen LogP contribution in [-0.2, 0) is 35.1 Å². The molecular weight excluding hydrogens is 516 g/mol. The SMILES string of the molecule is COc1ccc(CC(NC(=O)C(C)NC(=O)CN2CCOCC2)C(=O)NC(CC2CCCC2)C(=O)C2CO2)cc1. The minimum Gasteiger partial charge on any atom is -0.497 e. The molecule has 0 aromatic heterocycles. The third kappa shape index (κ3) is 9.00. The van der Waals surface area contributed by atoms with Crippen molar-refractivity contribution in [3.63, 3.8) is 0 Å². The number of carbonyl (C=O) groups excluding carboxylic acids is 4. The first-order valence-corrected chi connectivity index (χ1v) is 14.3. The minimum absolute atomic E-state index is 0.112. The molecule has 0 bridgehead atoms. The summed E-state index contributed by atoms with van der Waals surface area (Å²) in [6, 6.07) is 4.78. The second-order valence-corrected chi connectivity index (χ2v) is 11.0. The molecule has 2 saturated heterocycles. The number of nitrogens with zero attached hydrogens (tertiary/aromatic N) is 1. The topological polar surface area (TPSA) is 139 Å². The molecule has 4 unspecified atom stereocenters. The molecule has 2 heterocycles. The first-order chi connectivity index (χ1) is 19.3. The molecule has 0 spiro atoms. The molecule has 2 aliphatic heterocycles. The molecule has 0 radical (unpaired) electrons. The first kappa shape index (κ1) is 30.0. The van der Waals surface area contributed by atoms with Gasteiger partial charge >= 0.3 is 0 Å². The lowest BCUT2D eigenvalue weighted by Gasteiger charge is -2.27. The summed E-state index contributed by atoms with van der Waals surface area (Å²) in [5.41, 5.74) is 0.814. The molecule has 1 aliphatic carbocycles. The van der Waals surface area contributed by atoms with Gasteiger partial charge in [0.1, 0.15) is 23.9 Å². The number of hydrogen-bond acceptors (Lipinski definition) is 8. The van der Waals surface area contributed by atoms with Gasteiger partial charge in [0.05, 0.1) is 39.5 Å². The van der Waals surface area contributed by atoms with Crippen molar-refractivity contribution in [3.05, 3.63) is 29.8 Å². The largest absolute Gasteiger partial charge is 0.497 e. The van der Waals surface area contributed by atoms with Crippen molar-refractivity contribution in [2.45, 2.75) is 69.7 Å². The van der Waals surface area contributed by atoms with E-state index in [1.807, 2.05) is 17.0 Å². The standard InChI is InChI=1S/C29H42N4O7/c1-19(30-26(34)17-33-11-13-39-14-12-33)28(36)32-24(16-21-7-9-22(38-2)10-8-21)29(37)31-23(27(35)25-18-40-25)15-20-5-3-4-6-20/h7-10,19-20,23-25H,3-6,11-18H2,1-2H3,(H,30,34)(H,31,37)(H,32,36). The Bertz CT molecular complexity index is 1020. The van der Waals surface area contributed by atoms with Crippen molar-refractivity contribution < 1.29 is 33.4 Å². The van der Waals surface area contributed by atoms with E-state index < -0.39 is 36.0 Å². The fourth-order valence-corrected chi connectivity index (χ4v) is 5.35. The van der Waals surface area contributed by atoms with E-state index in [0.29, 0.717) is 51.0 Å². The molecule has 3 fully saturated rings. The Morgan fingerprint density at radius 1 is 0.975 bits per heavy atom. The number of ketones is 1. The van der Waals surface area contributed by atoms with E-state index in [-0.39, 0.29) is 24.7 Å². The summed E-state index contributed by atoms with van der Waals surface area (Å²) in [5.74, 6) is -0.242. The molecule has 3 aliphatic rings. The van der Waals surface area contributed by atoms with Crippen LogP contribution in [0.25, 0.3) is 0 Å². The molecule has 11 heteroatoms. The number of hydrogen-bond donors (Lipinski definition) is 3. The zero-order valence-corrected chi connectivity index (χ0v) is 23.5. The van der Waals surface area contributed by atoms with Crippen LogP contribution in [0.4, 0.5) is 0 Å². The Morgan fingerprint density at radius 3 is 2.25 bits per heavy atom. The molecule has 3 N–H and O–H groups in total. The lowest BCUT2D eigenvalue weighted by molar-refractivity contribution is -0.133. The fourth-order valence-electron chi connectivity index (χ4n) is 5.35. The van der Waals surface area contributed by atoms with Gasteiger partial charge in [0.2, 0.25) is 17.7 Å². The summed E-state index contributed by atoms with van der Waals surface area (Å²) >= 11 is 0. The number of rotatable bonds is 14. The number of nitrogens with one attached hydrogen (secondary N) is 3. The molecule has 40 heavy (non-hydrogen) atoms. The minimum atomic E-state index is -0.946. The Labute approximate surface area is 235 Å². The van der Waals surface area contributed by atoms with Gasteiger partial charge < -0.3 is 30.2 Å². The van der Waals surface area contributed by atoms with Crippen molar-refractivity contribution in [1.29, 1.82) is 0 Å². The molecule has 1 saturated carbocycles. The normalized spacial score (nSPS) is 21.6. The van der Waals surface area contributed by atoms with Gasteiger partial charge in [-0.3, -0.25) is 24.1 Å². The molecular formula is C29H42N4O7. The van der Waals surface area contributed by atoms with Crippen LogP contribution < -0.4 is 20.7 Å². The number of carbonyl (C=O) groups is 4. The van der Waals surface area contributed by atoms with Crippen LogP contribution in [-0.4, -0.2) is 99.2 Å². The third-order valence-electron chi connectivity index (χ3n) is 7.83. The summed E-state index contributed by atoms with van der Waals surface area (Å²) < 4.78 is 15.8. The zero-order valence-electron chi connectivity index (χ0n) is 23.5. The van der Waals surface area contributed by atoms with Gasteiger partial charge in [0.25, 0.3) is 0 Å². The highest BCUT2D eigenvalue weighted by atomic mass is 16.6. The second-order valence-electron chi connectivity index (χ2n) is 11.0. The van der Waals surface area contributed by atoms with E-state index in [4.69, 9.17) is 14.2 Å². The molecule has 1 aromatic carbocycles. The predicted molar refractivity (Wildman–Crippen MR) is 147 cm³/mol. The van der Waals surface area contributed by atoms with E-state index >= 15 is 0 Å². The molecule has 220 valence electrons. The summed E-state index contributed by atoms with van der Waals surface area (Å²) in [5, 5.41) is 8.47. The number of epoxide rings is 1. The van der Waals surface area contributed by atoms with E-state index in [1.54, 1.807) is 26.2 Å². The first-order valence-electron chi connectivity index (χ1n) is 14.3. The molecule has 4 atom stereocenters. The predicted octanol–water partition coefficient (Wildman–Crippen LogP) is 0.592. The van der Waals surface area contributed by atoms with Crippen molar-refractivity contribution in [2.24, 2.45) is 5.92 Å². The van der Waals surface area contributed by atoms with Crippen molar-refractivity contribution in [3.8, 4) is 5.75 Å². The van der Waals surface area contributed by atoms with Gasteiger partial charge in [-0.15, -0.1) is 0 Å². The molecule has 1 aromatic rings. The average Bonchev–Trinajstić information content (AvgIpc) is 3.68. The Hall–Kier alpha value is -3.02. The smallest absolute Gasteiger partial charge is 0.243 e. The Balaban J connectivity index is 1.41.